The number of nitrogens with one attached hydrogen (secondary N) is 1. The van der Waals surface area contributed by atoms with Gasteiger partial charge in [0.15, 0.2) is 0 Å². The van der Waals surface area contributed by atoms with Gasteiger partial charge < -0.3 is 10.1 Å². The molecule has 9 heteroatoms. The topological polar surface area (TPSA) is 84.7 Å². The van der Waals surface area contributed by atoms with Gasteiger partial charge in [0.25, 0.3) is 5.69 Å². The van der Waals surface area contributed by atoms with Crippen LogP contribution in [0.3, 0.4) is 0 Å². The molecule has 1 N–H and O–H groups in total. The lowest BCUT2D eigenvalue weighted by atomic mass is 10.1. The SMILES string of the molecule is C[C@@H](C(=O)Nc1ccc([N+](=O)[O-])cc1)N(C)Cc1ccc(OC(F)F)cc1. The minimum absolute atomic E-state index is 0.0579. The van der Waals surface area contributed by atoms with Gasteiger partial charge in [-0.25, -0.2) is 0 Å². The summed E-state index contributed by atoms with van der Waals surface area (Å²) >= 11 is 0. The Balaban J connectivity index is 1.92. The van der Waals surface area contributed by atoms with Crippen molar-refractivity contribution in [2.24, 2.45) is 0 Å². The van der Waals surface area contributed by atoms with E-state index in [0.717, 1.165) is 5.56 Å². The predicted octanol–water partition coefficient (Wildman–Crippen LogP) is 3.66. The normalized spacial score (nSPS) is 12.1. The Kier molecular flexibility index (Phi) is 6.78. The number of ether oxygens (including phenoxy) is 1. The van der Waals surface area contributed by atoms with Gasteiger partial charge >= 0.3 is 6.61 Å². The van der Waals surface area contributed by atoms with Gasteiger partial charge in [0.1, 0.15) is 5.75 Å². The van der Waals surface area contributed by atoms with Gasteiger partial charge in [0.2, 0.25) is 5.91 Å². The number of non-ortho nitro benzene ring substituents is 1. The Morgan fingerprint density at radius 1 is 1.19 bits per heavy atom. The zero-order valence-corrected chi connectivity index (χ0v) is 14.8. The molecule has 0 radical (unpaired) electrons. The van der Waals surface area contributed by atoms with Crippen LogP contribution >= 0.6 is 0 Å². The average molecular weight is 379 g/mol. The Morgan fingerprint density at radius 2 is 1.78 bits per heavy atom. The molecule has 0 fully saturated rings. The molecule has 0 heterocycles. The van der Waals surface area contributed by atoms with Crippen molar-refractivity contribution in [3.05, 3.63) is 64.2 Å². The van der Waals surface area contributed by atoms with Crippen molar-refractivity contribution < 1.29 is 23.2 Å². The maximum Gasteiger partial charge on any atom is 0.387 e. The molecule has 0 aliphatic carbocycles. The van der Waals surface area contributed by atoms with Crippen LogP contribution in [0.4, 0.5) is 20.2 Å². The van der Waals surface area contributed by atoms with Crippen molar-refractivity contribution in [3.63, 3.8) is 0 Å². The fourth-order valence-electron chi connectivity index (χ4n) is 2.31. The maximum atomic E-state index is 12.3. The van der Waals surface area contributed by atoms with Crippen LogP contribution in [-0.4, -0.2) is 35.4 Å². The van der Waals surface area contributed by atoms with E-state index in [1.165, 1.54) is 36.4 Å². The van der Waals surface area contributed by atoms with Crippen molar-refractivity contribution in [2.75, 3.05) is 12.4 Å². The van der Waals surface area contributed by atoms with E-state index in [4.69, 9.17) is 0 Å². The van der Waals surface area contributed by atoms with Crippen molar-refractivity contribution in [2.45, 2.75) is 26.1 Å². The number of carbonyl (C=O) groups is 1. The van der Waals surface area contributed by atoms with E-state index >= 15 is 0 Å². The molecule has 0 spiro atoms. The van der Waals surface area contributed by atoms with Crippen LogP contribution in [0, 0.1) is 10.1 Å². The lowest BCUT2D eigenvalue weighted by Gasteiger charge is -2.24. The minimum Gasteiger partial charge on any atom is -0.435 e. The number of alkyl halides is 2. The number of rotatable bonds is 8. The Hall–Kier alpha value is -3.07. The second kappa shape index (κ2) is 9.04. The van der Waals surface area contributed by atoms with Crippen LogP contribution in [0.1, 0.15) is 12.5 Å². The number of hydrogen-bond donors (Lipinski definition) is 1. The van der Waals surface area contributed by atoms with E-state index in [1.807, 2.05) is 0 Å². The number of nitrogens with zero attached hydrogens (tertiary/aromatic N) is 2. The third kappa shape index (κ3) is 6.00. The number of nitro benzene ring substituents is 1. The van der Waals surface area contributed by atoms with Gasteiger partial charge in [0, 0.05) is 24.4 Å². The van der Waals surface area contributed by atoms with Crippen LogP contribution in [0.25, 0.3) is 0 Å². The summed E-state index contributed by atoms with van der Waals surface area (Å²) in [6, 6.07) is 11.2. The molecule has 1 amide bonds. The molecule has 0 aliphatic heterocycles. The number of halogens is 2. The van der Waals surface area contributed by atoms with Crippen molar-refractivity contribution in [1.82, 2.24) is 4.90 Å². The molecule has 0 bridgehead atoms. The number of hydrogen-bond acceptors (Lipinski definition) is 5. The molecule has 2 aromatic rings. The third-order valence-electron chi connectivity index (χ3n) is 3.97. The zero-order valence-electron chi connectivity index (χ0n) is 14.8. The maximum absolute atomic E-state index is 12.3. The molecular weight excluding hydrogens is 360 g/mol. The predicted molar refractivity (Wildman–Crippen MR) is 95.7 cm³/mol. The highest BCUT2D eigenvalue weighted by Gasteiger charge is 2.19. The third-order valence-corrected chi connectivity index (χ3v) is 3.97. The fourth-order valence-corrected chi connectivity index (χ4v) is 2.31. The first-order chi connectivity index (χ1) is 12.8. The van der Waals surface area contributed by atoms with Crippen LogP contribution in [-0.2, 0) is 11.3 Å². The molecule has 1 atom stereocenters. The fraction of sp³-hybridized carbons (Fsp3) is 0.278. The number of amides is 1. The molecule has 2 rings (SSSR count). The van der Waals surface area contributed by atoms with Crippen LogP contribution < -0.4 is 10.1 Å². The summed E-state index contributed by atoms with van der Waals surface area (Å²) in [4.78, 5) is 24.3. The van der Waals surface area contributed by atoms with Gasteiger partial charge in [-0.15, -0.1) is 0 Å². The Labute approximate surface area is 154 Å². The van der Waals surface area contributed by atoms with Gasteiger partial charge in [-0.2, -0.15) is 8.78 Å². The number of anilines is 1. The monoisotopic (exact) mass is 379 g/mol. The zero-order chi connectivity index (χ0) is 20.0. The first-order valence-electron chi connectivity index (χ1n) is 8.05. The largest absolute Gasteiger partial charge is 0.435 e. The summed E-state index contributed by atoms with van der Waals surface area (Å²) in [6.07, 6.45) is 0. The number of likely N-dealkylation sites (N-methyl/N-ethyl adjacent to an activating group) is 1. The lowest BCUT2D eigenvalue weighted by Crippen LogP contribution is -2.39. The first kappa shape index (κ1) is 20.2. The van der Waals surface area contributed by atoms with E-state index in [2.05, 4.69) is 10.1 Å². The van der Waals surface area contributed by atoms with Crippen molar-refractivity contribution >= 4 is 17.3 Å². The molecule has 0 saturated heterocycles. The number of nitro groups is 1. The minimum atomic E-state index is -2.87. The quantitative estimate of drug-likeness (QED) is 0.559. The van der Waals surface area contributed by atoms with Crippen LogP contribution in [0.5, 0.6) is 5.75 Å². The first-order valence-corrected chi connectivity index (χ1v) is 8.05. The Morgan fingerprint density at radius 3 is 2.30 bits per heavy atom. The lowest BCUT2D eigenvalue weighted by molar-refractivity contribution is -0.384. The summed E-state index contributed by atoms with van der Waals surface area (Å²) in [7, 11) is 1.75. The smallest absolute Gasteiger partial charge is 0.387 e. The average Bonchev–Trinajstić information content (AvgIpc) is 2.62. The van der Waals surface area contributed by atoms with E-state index in [9.17, 15) is 23.7 Å². The van der Waals surface area contributed by atoms with Gasteiger partial charge in [0.05, 0.1) is 11.0 Å². The molecule has 2 aromatic carbocycles. The van der Waals surface area contributed by atoms with E-state index in [1.54, 1.807) is 31.0 Å². The molecule has 27 heavy (non-hydrogen) atoms. The molecule has 0 saturated carbocycles. The highest BCUT2D eigenvalue weighted by molar-refractivity contribution is 5.94. The highest BCUT2D eigenvalue weighted by Crippen LogP contribution is 2.18. The molecule has 0 unspecified atom stereocenters. The van der Waals surface area contributed by atoms with E-state index in [0.29, 0.717) is 12.2 Å². The van der Waals surface area contributed by atoms with Gasteiger partial charge in [-0.1, -0.05) is 12.1 Å². The van der Waals surface area contributed by atoms with Crippen LogP contribution in [0.15, 0.2) is 48.5 Å². The second-order valence-corrected chi connectivity index (χ2v) is 5.91. The second-order valence-electron chi connectivity index (χ2n) is 5.91. The highest BCUT2D eigenvalue weighted by atomic mass is 19.3. The molecular formula is C18H19F2N3O4. The van der Waals surface area contributed by atoms with Gasteiger partial charge in [-0.3, -0.25) is 19.8 Å². The van der Waals surface area contributed by atoms with Crippen molar-refractivity contribution in [3.8, 4) is 5.75 Å². The standard InChI is InChI=1S/C18H19F2N3O4/c1-12(17(24)21-14-5-7-15(8-6-14)23(25)26)22(2)11-13-3-9-16(10-4-13)27-18(19)20/h3-10,12,18H,11H2,1-2H3,(H,21,24)/t12-/m0/s1. The number of carbonyl (C=O) groups excluding carboxylic acids is 1. The van der Waals surface area contributed by atoms with Crippen molar-refractivity contribution in [1.29, 1.82) is 0 Å². The number of benzene rings is 2. The summed E-state index contributed by atoms with van der Waals surface area (Å²) in [5, 5.41) is 13.3. The Bertz CT molecular complexity index is 782. The summed E-state index contributed by atoms with van der Waals surface area (Å²) in [5.41, 5.74) is 1.23. The molecule has 7 nitrogen and oxygen atoms in total. The van der Waals surface area contributed by atoms with E-state index < -0.39 is 17.6 Å². The summed E-state index contributed by atoms with van der Waals surface area (Å²) in [5.74, 6) is -0.204. The van der Waals surface area contributed by atoms with E-state index in [-0.39, 0.29) is 17.3 Å². The molecule has 0 aliphatic rings. The molecule has 144 valence electrons. The molecule has 0 aromatic heterocycles. The summed E-state index contributed by atoms with van der Waals surface area (Å²) in [6.45, 7) is -0.736. The summed E-state index contributed by atoms with van der Waals surface area (Å²) < 4.78 is 28.6. The van der Waals surface area contributed by atoms with Gasteiger partial charge in [-0.05, 0) is 43.8 Å². The van der Waals surface area contributed by atoms with Crippen LogP contribution in [0.2, 0.25) is 0 Å².